The van der Waals surface area contributed by atoms with Crippen LogP contribution in [0.15, 0.2) is 0 Å². The van der Waals surface area contributed by atoms with E-state index in [2.05, 4.69) is 30.9 Å². The van der Waals surface area contributed by atoms with Crippen LogP contribution < -0.4 is 5.32 Å². The Morgan fingerprint density at radius 1 is 1.50 bits per heavy atom. The van der Waals surface area contributed by atoms with Crippen LogP contribution in [0, 0.1) is 0 Å². The van der Waals surface area contributed by atoms with Gasteiger partial charge in [-0.05, 0) is 13.8 Å². The quantitative estimate of drug-likeness (QED) is 0.528. The highest BCUT2D eigenvalue weighted by atomic mass is 32.2. The van der Waals surface area contributed by atoms with Gasteiger partial charge in [0.2, 0.25) is 0 Å². The molecule has 1 rings (SSSR count). The molecule has 0 radical (unpaired) electrons. The molecule has 1 aliphatic rings. The maximum atomic E-state index is 3.35. The van der Waals surface area contributed by atoms with Crippen LogP contribution in [0.25, 0.3) is 0 Å². The van der Waals surface area contributed by atoms with E-state index in [-0.39, 0.29) is 0 Å². The van der Waals surface area contributed by atoms with E-state index in [0.29, 0.717) is 4.75 Å². The molecular formula is C6H13NS. The van der Waals surface area contributed by atoms with Gasteiger partial charge in [-0.2, -0.15) is 11.8 Å². The van der Waals surface area contributed by atoms with Gasteiger partial charge in [0.1, 0.15) is 0 Å². The molecule has 0 bridgehead atoms. The second-order valence-corrected chi connectivity index (χ2v) is 4.59. The first-order chi connectivity index (χ1) is 3.71. The van der Waals surface area contributed by atoms with Crippen molar-refractivity contribution >= 4 is 11.8 Å². The fourth-order valence-corrected chi connectivity index (χ4v) is 1.84. The summed E-state index contributed by atoms with van der Waals surface area (Å²) in [4.78, 5) is 0. The van der Waals surface area contributed by atoms with Gasteiger partial charge in [-0.1, -0.05) is 0 Å². The van der Waals surface area contributed by atoms with Crippen LogP contribution in [-0.2, 0) is 0 Å². The molecular weight excluding hydrogens is 118 g/mol. The lowest BCUT2D eigenvalue weighted by atomic mass is 10.2. The summed E-state index contributed by atoms with van der Waals surface area (Å²) in [5, 5.41) is 3.35. The molecule has 0 aliphatic carbocycles. The summed E-state index contributed by atoms with van der Waals surface area (Å²) in [6.45, 7) is 6.92. The Morgan fingerprint density at radius 2 is 2.25 bits per heavy atom. The molecule has 1 nitrogen and oxygen atoms in total. The van der Waals surface area contributed by atoms with Gasteiger partial charge in [-0.15, -0.1) is 0 Å². The lowest BCUT2D eigenvalue weighted by Gasteiger charge is -2.29. The van der Waals surface area contributed by atoms with Gasteiger partial charge in [0.15, 0.2) is 0 Å². The van der Waals surface area contributed by atoms with Crippen LogP contribution in [-0.4, -0.2) is 23.6 Å². The average Bonchev–Trinajstić information content (AvgIpc) is 1.65. The van der Waals surface area contributed by atoms with E-state index >= 15 is 0 Å². The Balaban J connectivity index is 2.33. The molecule has 0 atom stereocenters. The third-order valence-corrected chi connectivity index (χ3v) is 2.66. The third kappa shape index (κ3) is 1.67. The van der Waals surface area contributed by atoms with Crippen LogP contribution in [0.1, 0.15) is 13.8 Å². The zero-order valence-corrected chi connectivity index (χ0v) is 6.35. The Kier molecular flexibility index (Phi) is 1.83. The SMILES string of the molecule is CC1(C)CNCCS1. The molecule has 1 fully saturated rings. The zero-order valence-electron chi connectivity index (χ0n) is 5.53. The molecule has 1 aliphatic heterocycles. The predicted octanol–water partition coefficient (Wildman–Crippen LogP) is 1.10. The predicted molar refractivity (Wildman–Crippen MR) is 39.4 cm³/mol. The van der Waals surface area contributed by atoms with Crippen molar-refractivity contribution in [2.75, 3.05) is 18.8 Å². The topological polar surface area (TPSA) is 12.0 Å². The van der Waals surface area contributed by atoms with Gasteiger partial charge in [0.25, 0.3) is 0 Å². The highest BCUT2D eigenvalue weighted by Gasteiger charge is 2.20. The number of hydrogen-bond acceptors (Lipinski definition) is 2. The minimum atomic E-state index is 0.484. The molecule has 0 unspecified atom stereocenters. The van der Waals surface area contributed by atoms with E-state index in [1.165, 1.54) is 12.3 Å². The molecule has 0 amide bonds. The standard InChI is InChI=1S/C6H13NS/c1-6(2)5-7-3-4-8-6/h7H,3-5H2,1-2H3. The van der Waals surface area contributed by atoms with Crippen molar-refractivity contribution in [3.63, 3.8) is 0 Å². The van der Waals surface area contributed by atoms with Crippen molar-refractivity contribution in [2.24, 2.45) is 0 Å². The van der Waals surface area contributed by atoms with E-state index in [4.69, 9.17) is 0 Å². The van der Waals surface area contributed by atoms with Crippen molar-refractivity contribution in [3.05, 3.63) is 0 Å². The van der Waals surface area contributed by atoms with Crippen LogP contribution in [0.2, 0.25) is 0 Å². The molecule has 8 heavy (non-hydrogen) atoms. The zero-order chi connectivity index (χ0) is 6.04. The maximum Gasteiger partial charge on any atom is 0.0228 e. The fourth-order valence-electron chi connectivity index (χ4n) is 0.840. The number of thioether (sulfide) groups is 1. The van der Waals surface area contributed by atoms with Crippen molar-refractivity contribution < 1.29 is 0 Å². The van der Waals surface area contributed by atoms with Crippen LogP contribution in [0.5, 0.6) is 0 Å². The van der Waals surface area contributed by atoms with E-state index in [1.807, 2.05) is 0 Å². The molecule has 1 N–H and O–H groups in total. The van der Waals surface area contributed by atoms with E-state index in [0.717, 1.165) is 6.54 Å². The monoisotopic (exact) mass is 131 g/mol. The van der Waals surface area contributed by atoms with E-state index < -0.39 is 0 Å². The molecule has 0 aromatic heterocycles. The minimum Gasteiger partial charge on any atom is -0.315 e. The van der Waals surface area contributed by atoms with Crippen molar-refractivity contribution in [3.8, 4) is 0 Å². The van der Waals surface area contributed by atoms with Gasteiger partial charge in [-0.25, -0.2) is 0 Å². The molecule has 0 spiro atoms. The van der Waals surface area contributed by atoms with Crippen molar-refractivity contribution in [1.82, 2.24) is 5.32 Å². The summed E-state index contributed by atoms with van der Waals surface area (Å²) in [5.41, 5.74) is 0. The highest BCUT2D eigenvalue weighted by Crippen LogP contribution is 2.24. The molecule has 1 heterocycles. The van der Waals surface area contributed by atoms with Crippen molar-refractivity contribution in [1.29, 1.82) is 0 Å². The Bertz CT molecular complexity index is 72.6. The number of rotatable bonds is 0. The van der Waals surface area contributed by atoms with E-state index in [9.17, 15) is 0 Å². The molecule has 0 aromatic carbocycles. The largest absolute Gasteiger partial charge is 0.315 e. The van der Waals surface area contributed by atoms with Crippen LogP contribution in [0.3, 0.4) is 0 Å². The summed E-state index contributed by atoms with van der Waals surface area (Å²) in [6, 6.07) is 0. The number of hydrogen-bond donors (Lipinski definition) is 1. The molecule has 2 heteroatoms. The fraction of sp³-hybridized carbons (Fsp3) is 1.00. The smallest absolute Gasteiger partial charge is 0.0228 e. The molecule has 0 saturated carbocycles. The number of nitrogens with one attached hydrogen (secondary N) is 1. The first-order valence-electron chi connectivity index (χ1n) is 3.05. The highest BCUT2D eigenvalue weighted by molar-refractivity contribution is 8.00. The van der Waals surface area contributed by atoms with Gasteiger partial charge in [-0.3, -0.25) is 0 Å². The van der Waals surface area contributed by atoms with Gasteiger partial charge < -0.3 is 5.32 Å². The summed E-state index contributed by atoms with van der Waals surface area (Å²) in [6.07, 6.45) is 0. The Labute approximate surface area is 55.2 Å². The van der Waals surface area contributed by atoms with E-state index in [1.54, 1.807) is 0 Å². The lowest BCUT2D eigenvalue weighted by Crippen LogP contribution is -2.39. The van der Waals surface area contributed by atoms with Crippen LogP contribution in [0.4, 0.5) is 0 Å². The summed E-state index contributed by atoms with van der Waals surface area (Å²) < 4.78 is 0.484. The van der Waals surface area contributed by atoms with Gasteiger partial charge in [0, 0.05) is 23.6 Å². The molecule has 1 saturated heterocycles. The summed E-state index contributed by atoms with van der Waals surface area (Å²) in [7, 11) is 0. The normalized spacial score (nSPS) is 27.8. The minimum absolute atomic E-state index is 0.484. The first-order valence-corrected chi connectivity index (χ1v) is 4.04. The lowest BCUT2D eigenvalue weighted by molar-refractivity contribution is 0.588. The first kappa shape index (κ1) is 6.43. The second-order valence-electron chi connectivity index (χ2n) is 2.78. The average molecular weight is 131 g/mol. The summed E-state index contributed by atoms with van der Waals surface area (Å²) in [5.74, 6) is 1.27. The second kappa shape index (κ2) is 2.28. The Hall–Kier alpha value is 0.310. The van der Waals surface area contributed by atoms with Crippen molar-refractivity contribution in [2.45, 2.75) is 18.6 Å². The third-order valence-electron chi connectivity index (χ3n) is 1.32. The van der Waals surface area contributed by atoms with Gasteiger partial charge >= 0.3 is 0 Å². The molecule has 0 aromatic rings. The van der Waals surface area contributed by atoms with Gasteiger partial charge in [0.05, 0.1) is 0 Å². The molecule has 48 valence electrons. The van der Waals surface area contributed by atoms with Crippen LogP contribution >= 0.6 is 11.8 Å². The summed E-state index contributed by atoms with van der Waals surface area (Å²) >= 11 is 2.06. The maximum absolute atomic E-state index is 3.35. The Morgan fingerprint density at radius 3 is 2.50 bits per heavy atom.